The topological polar surface area (TPSA) is 38.3 Å². The summed E-state index contributed by atoms with van der Waals surface area (Å²) < 4.78 is 29.1. The van der Waals surface area contributed by atoms with Crippen LogP contribution in [0.5, 0.6) is 5.75 Å². The second kappa shape index (κ2) is 8.85. The molecule has 0 bridgehead atoms. The van der Waals surface area contributed by atoms with E-state index in [1.807, 2.05) is 0 Å². The minimum atomic E-state index is -2.91. The van der Waals surface area contributed by atoms with Crippen molar-refractivity contribution in [3.8, 4) is 5.75 Å². The minimum Gasteiger partial charge on any atom is -0.434 e. The molecule has 0 aliphatic carbocycles. The summed E-state index contributed by atoms with van der Waals surface area (Å²) >= 11 is 12.0. The van der Waals surface area contributed by atoms with Crippen LogP contribution in [0, 0.1) is 0 Å². The Bertz CT molecular complexity index is 711. The Balaban J connectivity index is 1.89. The van der Waals surface area contributed by atoms with Crippen molar-refractivity contribution in [3.63, 3.8) is 0 Å². The van der Waals surface area contributed by atoms with Gasteiger partial charge in [0.25, 0.3) is 0 Å². The average molecular weight is 374 g/mol. The fourth-order valence-corrected chi connectivity index (χ4v) is 2.55. The van der Waals surface area contributed by atoms with E-state index in [9.17, 15) is 13.6 Å². The zero-order valence-corrected chi connectivity index (χ0v) is 14.1. The highest BCUT2D eigenvalue weighted by atomic mass is 35.5. The fourth-order valence-electron chi connectivity index (χ4n) is 2.13. The maximum absolute atomic E-state index is 12.3. The standard InChI is InChI=1S/C17H15Cl2F2NO2/c18-13-6-3-5-11(16(13)19)8-9-15(23)22-10-12-4-1-2-7-14(12)24-17(20)21/h1-7,17H,8-10H2,(H,22,23). The minimum absolute atomic E-state index is 0.0469. The second-order valence-corrected chi connectivity index (χ2v) is 5.76. The summed E-state index contributed by atoms with van der Waals surface area (Å²) in [4.78, 5) is 11.9. The molecule has 2 aromatic rings. The fraction of sp³-hybridized carbons (Fsp3) is 0.235. The lowest BCUT2D eigenvalue weighted by Gasteiger charge is -2.11. The molecule has 7 heteroatoms. The van der Waals surface area contributed by atoms with Gasteiger partial charge in [0.1, 0.15) is 5.75 Å². The molecule has 24 heavy (non-hydrogen) atoms. The van der Waals surface area contributed by atoms with Crippen molar-refractivity contribution >= 4 is 29.1 Å². The smallest absolute Gasteiger partial charge is 0.387 e. The molecule has 1 N–H and O–H groups in total. The number of carbonyl (C=O) groups is 1. The molecule has 3 nitrogen and oxygen atoms in total. The Morgan fingerprint density at radius 1 is 1.08 bits per heavy atom. The second-order valence-electron chi connectivity index (χ2n) is 4.98. The summed E-state index contributed by atoms with van der Waals surface area (Å²) in [6.07, 6.45) is 0.637. The van der Waals surface area contributed by atoms with Gasteiger partial charge in [0.15, 0.2) is 0 Å². The molecule has 0 heterocycles. The number of hydrogen-bond acceptors (Lipinski definition) is 2. The van der Waals surface area contributed by atoms with Gasteiger partial charge in [-0.15, -0.1) is 0 Å². The molecule has 0 aliphatic heterocycles. The van der Waals surface area contributed by atoms with E-state index in [2.05, 4.69) is 10.1 Å². The lowest BCUT2D eigenvalue weighted by Crippen LogP contribution is -2.23. The van der Waals surface area contributed by atoms with Crippen LogP contribution in [0.1, 0.15) is 17.5 Å². The van der Waals surface area contributed by atoms with E-state index < -0.39 is 6.61 Å². The van der Waals surface area contributed by atoms with Crippen molar-refractivity contribution in [2.24, 2.45) is 0 Å². The number of rotatable bonds is 7. The maximum Gasteiger partial charge on any atom is 0.387 e. The number of benzene rings is 2. The number of amides is 1. The summed E-state index contributed by atoms with van der Waals surface area (Å²) in [5, 5.41) is 3.55. The summed E-state index contributed by atoms with van der Waals surface area (Å²) in [7, 11) is 0. The Kier molecular flexibility index (Phi) is 6.82. The summed E-state index contributed by atoms with van der Waals surface area (Å²) in [5.41, 5.74) is 1.26. The van der Waals surface area contributed by atoms with E-state index in [1.54, 1.807) is 36.4 Å². The molecule has 0 aliphatic rings. The predicted octanol–water partition coefficient (Wildman–Crippen LogP) is 4.84. The highest BCUT2D eigenvalue weighted by Crippen LogP contribution is 2.26. The monoisotopic (exact) mass is 373 g/mol. The molecular formula is C17H15Cl2F2NO2. The molecule has 0 aromatic heterocycles. The van der Waals surface area contributed by atoms with Gasteiger partial charge >= 0.3 is 6.61 Å². The molecule has 2 aromatic carbocycles. The van der Waals surface area contributed by atoms with Crippen LogP contribution in [-0.2, 0) is 17.8 Å². The molecule has 2 rings (SSSR count). The third kappa shape index (κ3) is 5.35. The third-order valence-corrected chi connectivity index (χ3v) is 4.18. The van der Waals surface area contributed by atoms with Crippen LogP contribution in [0.4, 0.5) is 8.78 Å². The summed E-state index contributed by atoms with van der Waals surface area (Å²) in [5.74, 6) is -0.177. The number of alkyl halides is 2. The van der Waals surface area contributed by atoms with E-state index >= 15 is 0 Å². The van der Waals surface area contributed by atoms with Crippen LogP contribution in [0.15, 0.2) is 42.5 Å². The quantitative estimate of drug-likeness (QED) is 0.753. The molecule has 0 fully saturated rings. The SMILES string of the molecule is O=C(CCc1cccc(Cl)c1Cl)NCc1ccccc1OC(F)F. The number of nitrogens with one attached hydrogen (secondary N) is 1. The van der Waals surface area contributed by atoms with Gasteiger partial charge in [0.2, 0.25) is 5.91 Å². The zero-order chi connectivity index (χ0) is 17.5. The van der Waals surface area contributed by atoms with Crippen molar-refractivity contribution in [1.82, 2.24) is 5.32 Å². The lowest BCUT2D eigenvalue weighted by atomic mass is 10.1. The van der Waals surface area contributed by atoms with Crippen molar-refractivity contribution in [2.45, 2.75) is 26.0 Å². The highest BCUT2D eigenvalue weighted by molar-refractivity contribution is 6.42. The lowest BCUT2D eigenvalue weighted by molar-refractivity contribution is -0.121. The molecule has 0 radical (unpaired) electrons. The van der Waals surface area contributed by atoms with E-state index in [4.69, 9.17) is 23.2 Å². The normalized spacial score (nSPS) is 10.7. The van der Waals surface area contributed by atoms with Gasteiger partial charge in [0, 0.05) is 18.5 Å². The van der Waals surface area contributed by atoms with E-state index in [0.29, 0.717) is 22.0 Å². The van der Waals surface area contributed by atoms with E-state index in [1.165, 1.54) is 6.07 Å². The van der Waals surface area contributed by atoms with Gasteiger partial charge in [-0.2, -0.15) is 8.78 Å². The first-order chi connectivity index (χ1) is 11.5. The third-order valence-electron chi connectivity index (χ3n) is 3.32. The van der Waals surface area contributed by atoms with E-state index in [-0.39, 0.29) is 24.6 Å². The molecule has 0 atom stereocenters. The van der Waals surface area contributed by atoms with Crippen molar-refractivity contribution < 1.29 is 18.3 Å². The summed E-state index contributed by atoms with van der Waals surface area (Å²) in [6, 6.07) is 11.6. The molecular weight excluding hydrogens is 359 g/mol. The molecule has 128 valence electrons. The molecule has 1 amide bonds. The molecule has 0 spiro atoms. The number of hydrogen-bond donors (Lipinski definition) is 1. The van der Waals surface area contributed by atoms with Crippen LogP contribution in [0.3, 0.4) is 0 Å². The van der Waals surface area contributed by atoms with Crippen molar-refractivity contribution in [1.29, 1.82) is 0 Å². The van der Waals surface area contributed by atoms with Gasteiger partial charge in [-0.25, -0.2) is 0 Å². The number of aryl methyl sites for hydroxylation is 1. The van der Waals surface area contributed by atoms with Crippen molar-refractivity contribution in [2.75, 3.05) is 0 Å². The van der Waals surface area contributed by atoms with Crippen LogP contribution >= 0.6 is 23.2 Å². The van der Waals surface area contributed by atoms with Gasteiger partial charge in [-0.1, -0.05) is 53.5 Å². The maximum atomic E-state index is 12.3. The predicted molar refractivity (Wildman–Crippen MR) is 89.7 cm³/mol. The first-order valence-electron chi connectivity index (χ1n) is 7.19. The molecule has 0 saturated heterocycles. The Morgan fingerprint density at radius 2 is 1.79 bits per heavy atom. The number of ether oxygens (including phenoxy) is 1. The van der Waals surface area contributed by atoms with Crippen LogP contribution in [-0.4, -0.2) is 12.5 Å². The van der Waals surface area contributed by atoms with Gasteiger partial charge < -0.3 is 10.1 Å². The first kappa shape index (κ1) is 18.5. The highest BCUT2D eigenvalue weighted by Gasteiger charge is 2.11. The largest absolute Gasteiger partial charge is 0.434 e. The van der Waals surface area contributed by atoms with Gasteiger partial charge in [-0.3, -0.25) is 4.79 Å². The van der Waals surface area contributed by atoms with Gasteiger partial charge in [0.05, 0.1) is 10.0 Å². The summed E-state index contributed by atoms with van der Waals surface area (Å²) in [6.45, 7) is -2.81. The van der Waals surface area contributed by atoms with Crippen molar-refractivity contribution in [3.05, 3.63) is 63.6 Å². The number of carbonyl (C=O) groups excluding carboxylic acids is 1. The number of halogens is 4. The van der Waals surface area contributed by atoms with Crippen LogP contribution < -0.4 is 10.1 Å². The van der Waals surface area contributed by atoms with Crippen LogP contribution in [0.2, 0.25) is 10.0 Å². The number of para-hydroxylation sites is 1. The van der Waals surface area contributed by atoms with Crippen LogP contribution in [0.25, 0.3) is 0 Å². The Morgan fingerprint density at radius 3 is 2.54 bits per heavy atom. The zero-order valence-electron chi connectivity index (χ0n) is 12.6. The first-order valence-corrected chi connectivity index (χ1v) is 7.95. The van der Waals surface area contributed by atoms with Gasteiger partial charge in [-0.05, 0) is 24.1 Å². The average Bonchev–Trinajstić information content (AvgIpc) is 2.55. The molecule has 0 saturated carbocycles. The Labute approximate surface area is 148 Å². The Hall–Kier alpha value is -1.85. The van der Waals surface area contributed by atoms with E-state index in [0.717, 1.165) is 5.56 Å². The molecule has 0 unspecified atom stereocenters.